The second-order valence-electron chi connectivity index (χ2n) is 4.93. The Balaban J connectivity index is 0.000000240. The fraction of sp³-hybridized carbons (Fsp3) is 0.278. The molecule has 0 aliphatic carbocycles. The summed E-state index contributed by atoms with van der Waals surface area (Å²) in [6.45, 7) is 0.206. The SMILES string of the molecule is O=CCCc1c(Cl)cccc1Br.OCCCc1c(Cl)cccc1Br. The maximum atomic E-state index is 10.1. The molecule has 0 bridgehead atoms. The molecule has 0 radical (unpaired) electrons. The molecule has 0 heterocycles. The third kappa shape index (κ3) is 7.24. The minimum atomic E-state index is 0.206. The lowest BCUT2D eigenvalue weighted by Crippen LogP contribution is -1.91. The molecule has 0 fully saturated rings. The number of aliphatic hydroxyl groups excluding tert-OH is 1. The number of hydrogen-bond acceptors (Lipinski definition) is 2. The van der Waals surface area contributed by atoms with Crippen molar-refractivity contribution in [1.82, 2.24) is 0 Å². The number of aliphatic hydroxyl groups is 1. The number of hydrogen-bond donors (Lipinski definition) is 1. The molecule has 0 atom stereocenters. The first-order valence-corrected chi connectivity index (χ1v) is 9.75. The Morgan fingerprint density at radius 3 is 1.83 bits per heavy atom. The molecule has 130 valence electrons. The smallest absolute Gasteiger partial charge is 0.120 e. The van der Waals surface area contributed by atoms with E-state index in [0.717, 1.165) is 44.2 Å². The van der Waals surface area contributed by atoms with Gasteiger partial charge in [0.15, 0.2) is 0 Å². The second-order valence-corrected chi connectivity index (χ2v) is 7.46. The summed E-state index contributed by atoms with van der Waals surface area (Å²) in [5.74, 6) is 0. The molecule has 0 aliphatic heterocycles. The van der Waals surface area contributed by atoms with Crippen molar-refractivity contribution in [3.8, 4) is 0 Å². The van der Waals surface area contributed by atoms with Gasteiger partial charge in [-0.2, -0.15) is 0 Å². The van der Waals surface area contributed by atoms with E-state index in [4.69, 9.17) is 28.3 Å². The third-order valence-corrected chi connectivity index (χ3v) is 5.41. The minimum absolute atomic E-state index is 0.206. The molecule has 1 N–H and O–H groups in total. The molecule has 6 heteroatoms. The Morgan fingerprint density at radius 1 is 0.917 bits per heavy atom. The lowest BCUT2D eigenvalue weighted by molar-refractivity contribution is -0.107. The molecule has 2 nitrogen and oxygen atoms in total. The lowest BCUT2D eigenvalue weighted by atomic mass is 10.1. The van der Waals surface area contributed by atoms with Crippen molar-refractivity contribution in [2.75, 3.05) is 6.61 Å². The van der Waals surface area contributed by atoms with E-state index in [-0.39, 0.29) is 6.61 Å². The summed E-state index contributed by atoms with van der Waals surface area (Å²) in [4.78, 5) is 10.1. The first-order chi connectivity index (χ1) is 11.5. The van der Waals surface area contributed by atoms with Gasteiger partial charge in [0.1, 0.15) is 6.29 Å². The average molecular weight is 497 g/mol. The Morgan fingerprint density at radius 2 is 1.42 bits per heavy atom. The van der Waals surface area contributed by atoms with Crippen molar-refractivity contribution in [2.24, 2.45) is 0 Å². The Labute approximate surface area is 169 Å². The van der Waals surface area contributed by atoms with Crippen LogP contribution in [0.2, 0.25) is 10.0 Å². The van der Waals surface area contributed by atoms with E-state index in [1.54, 1.807) is 0 Å². The van der Waals surface area contributed by atoms with E-state index in [1.165, 1.54) is 0 Å². The van der Waals surface area contributed by atoms with Crippen LogP contribution in [0.4, 0.5) is 0 Å². The molecule has 0 aromatic heterocycles. The van der Waals surface area contributed by atoms with Crippen molar-refractivity contribution in [2.45, 2.75) is 25.7 Å². The van der Waals surface area contributed by atoms with Crippen LogP contribution in [0.15, 0.2) is 45.3 Å². The number of halogens is 4. The van der Waals surface area contributed by atoms with Gasteiger partial charge >= 0.3 is 0 Å². The highest BCUT2D eigenvalue weighted by Crippen LogP contribution is 2.26. The van der Waals surface area contributed by atoms with E-state index < -0.39 is 0 Å². The van der Waals surface area contributed by atoms with Gasteiger partial charge in [0.25, 0.3) is 0 Å². The van der Waals surface area contributed by atoms with E-state index in [9.17, 15) is 4.79 Å². The normalized spacial score (nSPS) is 10.0. The molecule has 0 amide bonds. The fourth-order valence-electron chi connectivity index (χ4n) is 2.00. The highest BCUT2D eigenvalue weighted by Gasteiger charge is 2.04. The molecule has 0 unspecified atom stereocenters. The summed E-state index contributed by atoms with van der Waals surface area (Å²) in [5.41, 5.74) is 2.08. The van der Waals surface area contributed by atoms with Crippen molar-refractivity contribution in [1.29, 1.82) is 0 Å². The number of aldehydes is 1. The van der Waals surface area contributed by atoms with Crippen LogP contribution in [0, 0.1) is 0 Å². The standard InChI is InChI=1S/C9H10BrClO.C9H8BrClO/c2*10-8-4-1-5-9(11)7(8)3-2-6-12/h1,4-5,12H,2-3,6H2;1,4-6H,2-3H2. The maximum Gasteiger partial charge on any atom is 0.120 e. The highest BCUT2D eigenvalue weighted by molar-refractivity contribution is 9.10. The summed E-state index contributed by atoms with van der Waals surface area (Å²) in [6.07, 6.45) is 3.68. The lowest BCUT2D eigenvalue weighted by Gasteiger charge is -2.04. The van der Waals surface area contributed by atoms with Gasteiger partial charge in [-0.1, -0.05) is 67.2 Å². The van der Waals surface area contributed by atoms with Gasteiger partial charge < -0.3 is 9.90 Å². The molecule has 24 heavy (non-hydrogen) atoms. The zero-order valence-electron chi connectivity index (χ0n) is 12.9. The molecule has 0 saturated carbocycles. The third-order valence-electron chi connectivity index (χ3n) is 3.22. The van der Waals surface area contributed by atoms with Crippen LogP contribution >= 0.6 is 55.1 Å². The van der Waals surface area contributed by atoms with Gasteiger partial charge in [-0.05, 0) is 54.7 Å². The Hall–Kier alpha value is -0.390. The van der Waals surface area contributed by atoms with Gasteiger partial charge in [-0.3, -0.25) is 0 Å². The zero-order valence-corrected chi connectivity index (χ0v) is 17.6. The van der Waals surface area contributed by atoms with E-state index >= 15 is 0 Å². The fourth-order valence-corrected chi connectivity index (χ4v) is 3.90. The largest absolute Gasteiger partial charge is 0.396 e. The van der Waals surface area contributed by atoms with Crippen LogP contribution in [-0.2, 0) is 17.6 Å². The summed E-state index contributed by atoms with van der Waals surface area (Å²) in [7, 11) is 0. The summed E-state index contributed by atoms with van der Waals surface area (Å²) in [5, 5.41) is 10.1. The monoisotopic (exact) mass is 494 g/mol. The van der Waals surface area contributed by atoms with Crippen LogP contribution in [0.3, 0.4) is 0 Å². The first-order valence-electron chi connectivity index (χ1n) is 7.41. The molecule has 0 saturated heterocycles. The molecular weight excluding hydrogens is 479 g/mol. The van der Waals surface area contributed by atoms with Gasteiger partial charge in [0.2, 0.25) is 0 Å². The van der Waals surface area contributed by atoms with Crippen LogP contribution < -0.4 is 0 Å². The van der Waals surface area contributed by atoms with Crippen molar-refractivity contribution >= 4 is 61.3 Å². The second kappa shape index (κ2) is 12.0. The van der Waals surface area contributed by atoms with Crippen LogP contribution in [0.5, 0.6) is 0 Å². The van der Waals surface area contributed by atoms with Gasteiger partial charge in [0, 0.05) is 32.0 Å². The van der Waals surface area contributed by atoms with Crippen molar-refractivity contribution in [3.63, 3.8) is 0 Å². The molecule has 2 rings (SSSR count). The molecule has 2 aromatic rings. The van der Waals surface area contributed by atoms with E-state index in [0.29, 0.717) is 17.9 Å². The highest BCUT2D eigenvalue weighted by atomic mass is 79.9. The Kier molecular flexibility index (Phi) is 10.9. The van der Waals surface area contributed by atoms with Crippen molar-refractivity contribution in [3.05, 3.63) is 66.5 Å². The van der Waals surface area contributed by atoms with Crippen LogP contribution in [0.1, 0.15) is 24.0 Å². The quantitative estimate of drug-likeness (QED) is 0.479. The van der Waals surface area contributed by atoms with E-state index in [1.807, 2.05) is 36.4 Å². The van der Waals surface area contributed by atoms with Gasteiger partial charge in [0.05, 0.1) is 0 Å². The van der Waals surface area contributed by atoms with Gasteiger partial charge in [-0.15, -0.1) is 0 Å². The molecule has 0 aliphatic rings. The van der Waals surface area contributed by atoms with E-state index in [2.05, 4.69) is 31.9 Å². The maximum absolute atomic E-state index is 10.1. The summed E-state index contributed by atoms with van der Waals surface area (Å²) in [6, 6.07) is 11.3. The van der Waals surface area contributed by atoms with Crippen LogP contribution in [0.25, 0.3) is 0 Å². The number of benzene rings is 2. The predicted octanol–water partition coefficient (Wildman–Crippen LogP) is 6.26. The van der Waals surface area contributed by atoms with Crippen molar-refractivity contribution < 1.29 is 9.90 Å². The Bertz CT molecular complexity index is 623. The number of carbonyl (C=O) groups excluding carboxylic acids is 1. The zero-order chi connectivity index (χ0) is 17.9. The first kappa shape index (κ1) is 21.7. The molecule has 0 spiro atoms. The topological polar surface area (TPSA) is 37.3 Å². The molecule has 2 aromatic carbocycles. The molecular formula is C18H18Br2Cl2O2. The predicted molar refractivity (Wildman–Crippen MR) is 108 cm³/mol. The average Bonchev–Trinajstić information content (AvgIpc) is 2.55. The summed E-state index contributed by atoms with van der Waals surface area (Å²) < 4.78 is 1.99. The number of carbonyl (C=O) groups is 1. The minimum Gasteiger partial charge on any atom is -0.396 e. The number of rotatable bonds is 6. The van der Waals surface area contributed by atoms with Crippen LogP contribution in [-0.4, -0.2) is 18.0 Å². The van der Waals surface area contributed by atoms with Gasteiger partial charge in [-0.25, -0.2) is 0 Å². The summed E-state index contributed by atoms with van der Waals surface area (Å²) >= 11 is 18.7.